The number of benzene rings is 1. The highest BCUT2D eigenvalue weighted by Crippen LogP contribution is 2.08. The molecule has 0 aliphatic carbocycles. The predicted octanol–water partition coefficient (Wildman–Crippen LogP) is 0.595. The van der Waals surface area contributed by atoms with E-state index in [9.17, 15) is 13.6 Å². The Hall–Kier alpha value is -2.51. The molecule has 0 atom stereocenters. The largest absolute Gasteiger partial charge is 0.366 e. The quantitative estimate of drug-likeness (QED) is 0.746. The van der Waals surface area contributed by atoms with Crippen LogP contribution >= 0.6 is 0 Å². The van der Waals surface area contributed by atoms with E-state index in [-0.39, 0.29) is 18.3 Å². The summed E-state index contributed by atoms with van der Waals surface area (Å²) in [6, 6.07) is 3.36. The molecule has 0 saturated heterocycles. The van der Waals surface area contributed by atoms with Crippen molar-refractivity contribution in [3.05, 3.63) is 41.2 Å². The summed E-state index contributed by atoms with van der Waals surface area (Å²) < 4.78 is 25.6. The molecule has 1 aromatic carbocycles. The van der Waals surface area contributed by atoms with Crippen molar-refractivity contribution in [3.63, 3.8) is 0 Å². The second-order valence-corrected chi connectivity index (χ2v) is 3.47. The lowest BCUT2D eigenvalue weighted by Crippen LogP contribution is -2.24. The fourth-order valence-electron chi connectivity index (χ4n) is 1.29. The van der Waals surface area contributed by atoms with Crippen LogP contribution in [0.15, 0.2) is 18.2 Å². The maximum absolute atomic E-state index is 12.9. The molecule has 0 spiro atoms. The Labute approximate surface area is 100 Å². The Morgan fingerprint density at radius 1 is 1.39 bits per heavy atom. The molecule has 1 aromatic heterocycles. The number of halogens is 2. The van der Waals surface area contributed by atoms with Crippen molar-refractivity contribution in [3.8, 4) is 0 Å². The van der Waals surface area contributed by atoms with Crippen molar-refractivity contribution < 1.29 is 13.6 Å². The Bertz CT molecular complexity index is 583. The average molecular weight is 253 g/mol. The molecule has 0 aliphatic rings. The van der Waals surface area contributed by atoms with Crippen LogP contribution in [0.3, 0.4) is 0 Å². The Morgan fingerprint density at radius 2 is 2.17 bits per heavy atom. The highest BCUT2D eigenvalue weighted by molar-refractivity contribution is 5.90. The van der Waals surface area contributed by atoms with Gasteiger partial charge in [0.2, 0.25) is 11.8 Å². The molecule has 6 nitrogen and oxygen atoms in total. The summed E-state index contributed by atoms with van der Waals surface area (Å²) in [5.74, 6) is -2.54. The van der Waals surface area contributed by atoms with Crippen LogP contribution in [0.1, 0.15) is 16.2 Å². The molecular weight excluding hydrogens is 244 g/mol. The molecule has 18 heavy (non-hydrogen) atoms. The van der Waals surface area contributed by atoms with E-state index in [4.69, 9.17) is 5.73 Å². The van der Waals surface area contributed by atoms with Crippen molar-refractivity contribution in [1.82, 2.24) is 20.5 Å². The van der Waals surface area contributed by atoms with Crippen molar-refractivity contribution in [2.24, 2.45) is 0 Å². The Kier molecular flexibility index (Phi) is 3.18. The summed E-state index contributed by atoms with van der Waals surface area (Å²) >= 11 is 0. The monoisotopic (exact) mass is 253 g/mol. The zero-order chi connectivity index (χ0) is 13.1. The zero-order valence-corrected chi connectivity index (χ0v) is 9.08. The molecule has 2 rings (SSSR count). The van der Waals surface area contributed by atoms with E-state index in [2.05, 4.69) is 20.5 Å². The van der Waals surface area contributed by atoms with E-state index in [0.29, 0.717) is 5.56 Å². The smallest absolute Gasteiger partial charge is 0.288 e. The third-order valence-electron chi connectivity index (χ3n) is 2.15. The van der Waals surface area contributed by atoms with Gasteiger partial charge >= 0.3 is 0 Å². The SMILES string of the molecule is Nc1n[nH]c(C(=O)NCc2ccc(F)c(F)c2)n1. The summed E-state index contributed by atoms with van der Waals surface area (Å²) in [4.78, 5) is 15.1. The van der Waals surface area contributed by atoms with E-state index in [0.717, 1.165) is 12.1 Å². The lowest BCUT2D eigenvalue weighted by Gasteiger charge is -2.03. The standard InChI is InChI=1S/C10H9F2N5O/c11-6-2-1-5(3-7(6)12)4-14-9(18)8-15-10(13)17-16-8/h1-3H,4H2,(H,14,18)(H3,13,15,16,17). The Balaban J connectivity index is 1.99. The van der Waals surface area contributed by atoms with Gasteiger partial charge in [0, 0.05) is 6.54 Å². The van der Waals surface area contributed by atoms with Gasteiger partial charge in [-0.3, -0.25) is 9.89 Å². The molecule has 94 valence electrons. The zero-order valence-electron chi connectivity index (χ0n) is 9.08. The van der Waals surface area contributed by atoms with E-state index in [1.807, 2.05) is 0 Å². The fourth-order valence-corrected chi connectivity index (χ4v) is 1.29. The van der Waals surface area contributed by atoms with E-state index < -0.39 is 17.5 Å². The van der Waals surface area contributed by atoms with Gasteiger partial charge in [0.1, 0.15) is 0 Å². The minimum Gasteiger partial charge on any atom is -0.366 e. The van der Waals surface area contributed by atoms with Gasteiger partial charge in [0.15, 0.2) is 11.6 Å². The number of aromatic amines is 1. The molecule has 0 radical (unpaired) electrons. The number of hydrogen-bond donors (Lipinski definition) is 3. The number of nitrogen functional groups attached to an aromatic ring is 1. The molecule has 4 N–H and O–H groups in total. The van der Waals surface area contributed by atoms with Crippen molar-refractivity contribution in [1.29, 1.82) is 0 Å². The number of carbonyl (C=O) groups excluding carboxylic acids is 1. The van der Waals surface area contributed by atoms with Gasteiger partial charge in [-0.15, -0.1) is 5.10 Å². The van der Waals surface area contributed by atoms with Crippen LogP contribution < -0.4 is 11.1 Å². The summed E-state index contributed by atoms with van der Waals surface area (Å²) in [5, 5.41) is 8.28. The van der Waals surface area contributed by atoms with E-state index in [1.54, 1.807) is 0 Å². The van der Waals surface area contributed by atoms with Crippen LogP contribution in [0.4, 0.5) is 14.7 Å². The first-order valence-corrected chi connectivity index (χ1v) is 4.96. The van der Waals surface area contributed by atoms with Gasteiger partial charge in [-0.1, -0.05) is 6.07 Å². The third kappa shape index (κ3) is 2.59. The Morgan fingerprint density at radius 3 is 2.78 bits per heavy atom. The summed E-state index contributed by atoms with van der Waals surface area (Å²) in [6.45, 7) is 0.0383. The molecule has 8 heteroatoms. The summed E-state index contributed by atoms with van der Waals surface area (Å²) in [5.41, 5.74) is 5.66. The van der Waals surface area contributed by atoms with Crippen molar-refractivity contribution >= 4 is 11.9 Å². The first kappa shape index (κ1) is 12.0. The van der Waals surface area contributed by atoms with Gasteiger partial charge < -0.3 is 11.1 Å². The normalized spacial score (nSPS) is 10.3. The minimum absolute atomic E-state index is 0.0383. The third-order valence-corrected chi connectivity index (χ3v) is 2.15. The number of anilines is 1. The minimum atomic E-state index is -0.967. The molecule has 0 saturated carbocycles. The number of H-pyrrole nitrogens is 1. The topological polar surface area (TPSA) is 96.7 Å². The number of aromatic nitrogens is 3. The van der Waals surface area contributed by atoms with Gasteiger partial charge in [0.05, 0.1) is 0 Å². The molecule has 1 heterocycles. The van der Waals surface area contributed by atoms with Gasteiger partial charge in [-0.2, -0.15) is 4.98 Å². The number of nitrogens with zero attached hydrogens (tertiary/aromatic N) is 2. The van der Waals surface area contributed by atoms with Gasteiger partial charge in [-0.25, -0.2) is 8.78 Å². The first-order valence-electron chi connectivity index (χ1n) is 4.96. The molecule has 2 aromatic rings. The van der Waals surface area contributed by atoms with E-state index in [1.165, 1.54) is 6.07 Å². The van der Waals surface area contributed by atoms with Gasteiger partial charge in [0.25, 0.3) is 5.91 Å². The van der Waals surface area contributed by atoms with Crippen molar-refractivity contribution in [2.75, 3.05) is 5.73 Å². The molecule has 0 aliphatic heterocycles. The number of hydrogen-bond acceptors (Lipinski definition) is 4. The number of rotatable bonds is 3. The van der Waals surface area contributed by atoms with Crippen LogP contribution in [-0.4, -0.2) is 21.1 Å². The van der Waals surface area contributed by atoms with Gasteiger partial charge in [-0.05, 0) is 17.7 Å². The maximum atomic E-state index is 12.9. The molecule has 0 bridgehead atoms. The number of amides is 1. The number of nitrogens with one attached hydrogen (secondary N) is 2. The summed E-state index contributed by atoms with van der Waals surface area (Å²) in [7, 11) is 0. The predicted molar refractivity (Wildman–Crippen MR) is 58.3 cm³/mol. The van der Waals surface area contributed by atoms with Crippen LogP contribution in [0.25, 0.3) is 0 Å². The van der Waals surface area contributed by atoms with E-state index >= 15 is 0 Å². The van der Waals surface area contributed by atoms with Crippen LogP contribution in [0.2, 0.25) is 0 Å². The molecular formula is C10H9F2N5O. The van der Waals surface area contributed by atoms with Crippen LogP contribution in [0.5, 0.6) is 0 Å². The van der Waals surface area contributed by atoms with Crippen LogP contribution in [-0.2, 0) is 6.54 Å². The van der Waals surface area contributed by atoms with Crippen LogP contribution in [0, 0.1) is 11.6 Å². The number of carbonyl (C=O) groups is 1. The second kappa shape index (κ2) is 4.78. The molecule has 1 amide bonds. The highest BCUT2D eigenvalue weighted by atomic mass is 19.2. The molecule has 0 unspecified atom stereocenters. The highest BCUT2D eigenvalue weighted by Gasteiger charge is 2.10. The maximum Gasteiger partial charge on any atom is 0.288 e. The lowest BCUT2D eigenvalue weighted by atomic mass is 10.2. The van der Waals surface area contributed by atoms with Crippen molar-refractivity contribution in [2.45, 2.75) is 6.54 Å². The summed E-state index contributed by atoms with van der Waals surface area (Å²) in [6.07, 6.45) is 0. The second-order valence-electron chi connectivity index (χ2n) is 3.47. The fraction of sp³-hybridized carbons (Fsp3) is 0.100. The molecule has 0 fully saturated rings. The first-order chi connectivity index (χ1) is 8.56. The number of nitrogens with two attached hydrogens (primary N) is 1. The lowest BCUT2D eigenvalue weighted by molar-refractivity contribution is 0.0941. The average Bonchev–Trinajstić information content (AvgIpc) is 2.77.